The Morgan fingerprint density at radius 2 is 1.52 bits per heavy atom. The van der Waals surface area contributed by atoms with Crippen LogP contribution in [0.1, 0.15) is 11.1 Å². The number of nitrogens with one attached hydrogen (secondary N) is 1. The highest BCUT2D eigenvalue weighted by Crippen LogP contribution is 2.18. The van der Waals surface area contributed by atoms with Crippen LogP contribution in [-0.4, -0.2) is 49.2 Å². The van der Waals surface area contributed by atoms with E-state index in [0.717, 1.165) is 22.5 Å². The molecule has 0 saturated carbocycles. The van der Waals surface area contributed by atoms with Gasteiger partial charge in [0.25, 0.3) is 0 Å². The highest BCUT2D eigenvalue weighted by molar-refractivity contribution is 5.99. The minimum absolute atomic E-state index is 0.0771. The third-order valence-electron chi connectivity index (χ3n) is 4.28. The Kier molecular flexibility index (Phi) is 7.30. The predicted molar refractivity (Wildman–Crippen MR) is 115 cm³/mol. The Bertz CT molecular complexity index is 910. The number of aryl methyl sites for hydroxylation is 1. The van der Waals surface area contributed by atoms with E-state index in [1.807, 2.05) is 30.3 Å². The van der Waals surface area contributed by atoms with Crippen molar-refractivity contribution in [2.24, 2.45) is 4.99 Å². The van der Waals surface area contributed by atoms with Gasteiger partial charge >= 0.3 is 6.01 Å². The number of benzene rings is 2. The van der Waals surface area contributed by atoms with Crippen molar-refractivity contribution in [3.05, 3.63) is 78.1 Å². The first kappa shape index (κ1) is 20.5. The molecule has 0 spiro atoms. The molecule has 2 heterocycles. The molecule has 0 aliphatic carbocycles. The fraction of sp³-hybridized carbons (Fsp3) is 0.261. The zero-order valence-corrected chi connectivity index (χ0v) is 17.0. The number of methoxy groups -OCH3 is 1. The first-order chi connectivity index (χ1) is 14.2. The summed E-state index contributed by atoms with van der Waals surface area (Å²) >= 11 is 0. The van der Waals surface area contributed by atoms with E-state index in [1.54, 1.807) is 26.6 Å². The molecule has 0 saturated heterocycles. The molecule has 150 valence electrons. The van der Waals surface area contributed by atoms with Gasteiger partial charge in [0, 0.05) is 37.7 Å². The molecule has 0 fully saturated rings. The maximum Gasteiger partial charge on any atom is 0.316 e. The van der Waals surface area contributed by atoms with Gasteiger partial charge in [-0.3, -0.25) is 4.99 Å². The molecule has 1 aliphatic heterocycles. The van der Waals surface area contributed by atoms with Crippen molar-refractivity contribution in [1.82, 2.24) is 15.3 Å². The van der Waals surface area contributed by atoms with Gasteiger partial charge in [0.15, 0.2) is 0 Å². The lowest BCUT2D eigenvalue weighted by molar-refractivity contribution is 0.190. The SMILES string of the molecule is COC.Cc1ccc(C2=NCC(Oc3ncc(-c4ccccc4)cn3)CN2)cc1. The molecule has 6 nitrogen and oxygen atoms in total. The fourth-order valence-corrected chi connectivity index (χ4v) is 2.81. The van der Waals surface area contributed by atoms with Crippen LogP contribution in [0, 0.1) is 6.92 Å². The van der Waals surface area contributed by atoms with Gasteiger partial charge in [-0.05, 0) is 12.5 Å². The van der Waals surface area contributed by atoms with Crippen LogP contribution in [0.5, 0.6) is 6.01 Å². The lowest BCUT2D eigenvalue weighted by atomic mass is 10.1. The van der Waals surface area contributed by atoms with Gasteiger partial charge in [-0.25, -0.2) is 9.97 Å². The molecule has 2 aromatic carbocycles. The molecule has 0 bridgehead atoms. The topological polar surface area (TPSA) is 68.6 Å². The van der Waals surface area contributed by atoms with Gasteiger partial charge < -0.3 is 14.8 Å². The summed E-state index contributed by atoms with van der Waals surface area (Å²) in [5.74, 6) is 0.908. The van der Waals surface area contributed by atoms with Crippen molar-refractivity contribution in [1.29, 1.82) is 0 Å². The van der Waals surface area contributed by atoms with Crippen LogP contribution in [0.3, 0.4) is 0 Å². The molecular formula is C23H26N4O2. The van der Waals surface area contributed by atoms with Gasteiger partial charge in [-0.2, -0.15) is 0 Å². The standard InChI is InChI=1S/C21H20N4O.C2H6O/c1-15-7-9-17(10-8-15)20-22-13-19(14-23-20)26-21-24-11-18(12-25-21)16-5-3-2-4-6-16;1-3-2/h2-12,19H,13-14H2,1H3,(H,22,23);1-2H3. The van der Waals surface area contributed by atoms with Gasteiger partial charge in [0.1, 0.15) is 11.9 Å². The fourth-order valence-electron chi connectivity index (χ4n) is 2.81. The number of ether oxygens (including phenoxy) is 2. The summed E-state index contributed by atoms with van der Waals surface area (Å²) in [5.41, 5.74) is 4.39. The second kappa shape index (κ2) is 10.3. The minimum Gasteiger partial charge on any atom is -0.456 e. The van der Waals surface area contributed by atoms with Gasteiger partial charge in [0.05, 0.1) is 13.1 Å². The molecule has 6 heteroatoms. The summed E-state index contributed by atoms with van der Waals surface area (Å²) in [4.78, 5) is 13.3. The van der Waals surface area contributed by atoms with E-state index in [4.69, 9.17) is 4.74 Å². The summed E-state index contributed by atoms with van der Waals surface area (Å²) in [7, 11) is 3.25. The predicted octanol–water partition coefficient (Wildman–Crippen LogP) is 3.51. The Morgan fingerprint density at radius 3 is 2.10 bits per heavy atom. The number of hydrogen-bond donors (Lipinski definition) is 1. The summed E-state index contributed by atoms with van der Waals surface area (Å²) in [6, 6.07) is 18.8. The van der Waals surface area contributed by atoms with E-state index in [0.29, 0.717) is 19.1 Å². The Labute approximate surface area is 171 Å². The zero-order valence-electron chi connectivity index (χ0n) is 17.0. The average molecular weight is 390 g/mol. The monoisotopic (exact) mass is 390 g/mol. The second-order valence-electron chi connectivity index (χ2n) is 6.70. The van der Waals surface area contributed by atoms with E-state index >= 15 is 0 Å². The maximum absolute atomic E-state index is 5.86. The molecule has 1 aliphatic rings. The number of hydrogen-bond acceptors (Lipinski definition) is 6. The lowest BCUT2D eigenvalue weighted by Crippen LogP contribution is -2.42. The maximum atomic E-state index is 5.86. The largest absolute Gasteiger partial charge is 0.456 e. The molecule has 1 unspecified atom stereocenters. The van der Waals surface area contributed by atoms with E-state index in [-0.39, 0.29) is 6.10 Å². The summed E-state index contributed by atoms with van der Waals surface area (Å²) in [6.07, 6.45) is 3.50. The summed E-state index contributed by atoms with van der Waals surface area (Å²) < 4.78 is 10.1. The lowest BCUT2D eigenvalue weighted by Gasteiger charge is -2.23. The first-order valence-corrected chi connectivity index (χ1v) is 9.49. The van der Waals surface area contributed by atoms with Crippen molar-refractivity contribution in [3.63, 3.8) is 0 Å². The molecule has 1 N–H and O–H groups in total. The summed E-state index contributed by atoms with van der Waals surface area (Å²) in [6.45, 7) is 3.34. The van der Waals surface area contributed by atoms with Crippen LogP contribution in [0.4, 0.5) is 0 Å². The zero-order chi connectivity index (χ0) is 20.5. The molecule has 29 heavy (non-hydrogen) atoms. The average Bonchev–Trinajstić information content (AvgIpc) is 2.77. The van der Waals surface area contributed by atoms with Crippen molar-refractivity contribution >= 4 is 5.84 Å². The minimum atomic E-state index is -0.0771. The van der Waals surface area contributed by atoms with Crippen LogP contribution in [0.2, 0.25) is 0 Å². The smallest absolute Gasteiger partial charge is 0.316 e. The molecular weight excluding hydrogens is 364 g/mol. The van der Waals surface area contributed by atoms with E-state index in [9.17, 15) is 0 Å². The molecule has 4 rings (SSSR count). The molecule has 1 atom stereocenters. The normalized spacial score (nSPS) is 15.4. The molecule has 0 radical (unpaired) electrons. The molecule has 1 aromatic heterocycles. The van der Waals surface area contributed by atoms with E-state index in [1.165, 1.54) is 5.56 Å². The Hall–Kier alpha value is -3.25. The Morgan fingerprint density at radius 1 is 0.862 bits per heavy atom. The van der Waals surface area contributed by atoms with E-state index < -0.39 is 0 Å². The number of aliphatic imine (C=N–C) groups is 1. The van der Waals surface area contributed by atoms with Crippen LogP contribution in [-0.2, 0) is 4.74 Å². The van der Waals surface area contributed by atoms with Crippen LogP contribution >= 0.6 is 0 Å². The van der Waals surface area contributed by atoms with Gasteiger partial charge in [-0.1, -0.05) is 60.2 Å². The number of nitrogens with zero attached hydrogens (tertiary/aromatic N) is 3. The Balaban J connectivity index is 0.000000755. The van der Waals surface area contributed by atoms with Crippen LogP contribution in [0.25, 0.3) is 11.1 Å². The first-order valence-electron chi connectivity index (χ1n) is 9.49. The van der Waals surface area contributed by atoms with Crippen LogP contribution in [0.15, 0.2) is 72.0 Å². The third-order valence-corrected chi connectivity index (χ3v) is 4.28. The number of rotatable bonds is 4. The van der Waals surface area contributed by atoms with Crippen molar-refractivity contribution in [2.75, 3.05) is 27.3 Å². The van der Waals surface area contributed by atoms with Crippen molar-refractivity contribution in [3.8, 4) is 17.1 Å². The third kappa shape index (κ3) is 5.86. The molecule has 3 aromatic rings. The van der Waals surface area contributed by atoms with Crippen LogP contribution < -0.4 is 10.1 Å². The molecule has 0 amide bonds. The highest BCUT2D eigenvalue weighted by atomic mass is 16.5. The van der Waals surface area contributed by atoms with Crippen molar-refractivity contribution in [2.45, 2.75) is 13.0 Å². The summed E-state index contributed by atoms with van der Waals surface area (Å²) in [5, 5.41) is 3.33. The second-order valence-corrected chi connectivity index (χ2v) is 6.70. The van der Waals surface area contributed by atoms with Gasteiger partial charge in [0.2, 0.25) is 0 Å². The quantitative estimate of drug-likeness (QED) is 0.738. The van der Waals surface area contributed by atoms with E-state index in [2.05, 4.69) is 56.2 Å². The van der Waals surface area contributed by atoms with Gasteiger partial charge in [-0.15, -0.1) is 0 Å². The number of aromatic nitrogens is 2. The van der Waals surface area contributed by atoms with Crippen molar-refractivity contribution < 1.29 is 9.47 Å². The highest BCUT2D eigenvalue weighted by Gasteiger charge is 2.18. The number of amidine groups is 1.